The number of benzene rings is 1. The van der Waals surface area contributed by atoms with Gasteiger partial charge in [0.05, 0.1) is 18.4 Å². The Hall–Kier alpha value is -3.62. The van der Waals surface area contributed by atoms with E-state index in [4.69, 9.17) is 0 Å². The van der Waals surface area contributed by atoms with Crippen LogP contribution in [-0.2, 0) is 11.3 Å². The standard InChI is InChI=1S/C20H19N7O2/c1-26-18-16(21-7-8-22-18)13-9-14(13)17(20(26)29)23-19(28)15-11-27(25-24-15)10-12-5-3-2-4-6-12/h2-8,11,13-14,17H,9-10H2,1H3,(H,23,28). The molecule has 3 atom stereocenters. The molecule has 3 aromatic rings. The van der Waals surface area contributed by atoms with Crippen molar-refractivity contribution in [3.63, 3.8) is 0 Å². The van der Waals surface area contributed by atoms with E-state index in [0.717, 1.165) is 17.7 Å². The van der Waals surface area contributed by atoms with Crippen LogP contribution >= 0.6 is 0 Å². The molecule has 1 aromatic carbocycles. The highest BCUT2D eigenvalue weighted by molar-refractivity contribution is 6.02. The lowest BCUT2D eigenvalue weighted by atomic mass is 10.1. The SMILES string of the molecule is CN1C(=O)C(NC(=O)c2cn(Cc3ccccc3)nn2)C2CC2c2nccnc21. The van der Waals surface area contributed by atoms with E-state index >= 15 is 0 Å². The Morgan fingerprint density at radius 3 is 2.83 bits per heavy atom. The van der Waals surface area contributed by atoms with Crippen LogP contribution in [0.5, 0.6) is 0 Å². The highest BCUT2D eigenvalue weighted by Crippen LogP contribution is 2.53. The molecular weight excluding hydrogens is 370 g/mol. The minimum atomic E-state index is -0.632. The van der Waals surface area contributed by atoms with Gasteiger partial charge >= 0.3 is 0 Å². The maximum absolute atomic E-state index is 13.0. The number of fused-ring (bicyclic) bond motifs is 3. The molecule has 0 bridgehead atoms. The number of amides is 2. The molecule has 0 spiro atoms. The van der Waals surface area contributed by atoms with Crippen LogP contribution in [-0.4, -0.2) is 49.9 Å². The van der Waals surface area contributed by atoms with E-state index in [1.165, 1.54) is 4.90 Å². The summed E-state index contributed by atoms with van der Waals surface area (Å²) in [5, 5.41) is 10.9. The maximum Gasteiger partial charge on any atom is 0.274 e. The topological polar surface area (TPSA) is 106 Å². The predicted molar refractivity (Wildman–Crippen MR) is 103 cm³/mol. The van der Waals surface area contributed by atoms with Crippen LogP contribution in [0.25, 0.3) is 0 Å². The van der Waals surface area contributed by atoms with Crippen molar-refractivity contribution < 1.29 is 9.59 Å². The fourth-order valence-electron chi connectivity index (χ4n) is 3.89. The number of aromatic nitrogens is 5. The number of nitrogens with zero attached hydrogens (tertiary/aromatic N) is 6. The van der Waals surface area contributed by atoms with Crippen molar-refractivity contribution >= 4 is 17.6 Å². The second-order valence-corrected chi connectivity index (χ2v) is 7.41. The van der Waals surface area contributed by atoms with Gasteiger partial charge in [0.2, 0.25) is 0 Å². The third-order valence-corrected chi connectivity index (χ3v) is 5.48. The van der Waals surface area contributed by atoms with E-state index in [1.807, 2.05) is 30.3 Å². The van der Waals surface area contributed by atoms with Gasteiger partial charge in [0, 0.05) is 25.4 Å². The number of rotatable bonds is 4. The van der Waals surface area contributed by atoms with Crippen molar-refractivity contribution in [2.75, 3.05) is 11.9 Å². The third kappa shape index (κ3) is 3.14. The molecule has 2 aromatic heterocycles. The van der Waals surface area contributed by atoms with Gasteiger partial charge in [-0.05, 0) is 17.9 Å². The molecule has 9 heteroatoms. The molecule has 2 amide bonds. The van der Waals surface area contributed by atoms with Gasteiger partial charge in [0.1, 0.15) is 6.04 Å². The Labute approximate surface area is 166 Å². The molecule has 1 saturated carbocycles. The zero-order valence-electron chi connectivity index (χ0n) is 15.8. The number of nitrogens with one attached hydrogen (secondary N) is 1. The smallest absolute Gasteiger partial charge is 0.274 e. The lowest BCUT2D eigenvalue weighted by Crippen LogP contribution is -2.48. The van der Waals surface area contributed by atoms with Crippen LogP contribution in [0.3, 0.4) is 0 Å². The third-order valence-electron chi connectivity index (χ3n) is 5.48. The van der Waals surface area contributed by atoms with Gasteiger partial charge in [-0.15, -0.1) is 5.10 Å². The normalized spacial score (nSPS) is 22.4. The summed E-state index contributed by atoms with van der Waals surface area (Å²) in [6.45, 7) is 0.517. The van der Waals surface area contributed by atoms with Crippen LogP contribution in [0.4, 0.5) is 5.82 Å². The minimum absolute atomic E-state index is 0.0196. The molecule has 0 radical (unpaired) electrons. The number of carbonyl (C=O) groups excluding carboxylic acids is 2. The molecule has 3 heterocycles. The summed E-state index contributed by atoms with van der Waals surface area (Å²) in [6, 6.07) is 9.17. The average molecular weight is 389 g/mol. The number of hydrogen-bond donors (Lipinski definition) is 1. The number of anilines is 1. The molecule has 0 saturated heterocycles. The van der Waals surface area contributed by atoms with Crippen molar-refractivity contribution in [1.29, 1.82) is 0 Å². The van der Waals surface area contributed by atoms with Crippen LogP contribution in [0, 0.1) is 5.92 Å². The summed E-state index contributed by atoms with van der Waals surface area (Å²) in [5.74, 6) is 0.115. The van der Waals surface area contributed by atoms with Crippen LogP contribution in [0.15, 0.2) is 48.9 Å². The molecule has 9 nitrogen and oxygen atoms in total. The van der Waals surface area contributed by atoms with E-state index in [1.54, 1.807) is 30.3 Å². The summed E-state index contributed by atoms with van der Waals surface area (Å²) in [5.41, 5.74) is 2.06. The first-order valence-corrected chi connectivity index (χ1v) is 9.45. The van der Waals surface area contributed by atoms with E-state index in [0.29, 0.717) is 12.4 Å². The van der Waals surface area contributed by atoms with Crippen molar-refractivity contribution in [2.45, 2.75) is 24.9 Å². The Morgan fingerprint density at radius 1 is 1.21 bits per heavy atom. The van der Waals surface area contributed by atoms with E-state index in [-0.39, 0.29) is 23.4 Å². The van der Waals surface area contributed by atoms with Gasteiger partial charge in [-0.2, -0.15) is 0 Å². The van der Waals surface area contributed by atoms with Crippen molar-refractivity contribution in [1.82, 2.24) is 30.3 Å². The fraction of sp³-hybridized carbons (Fsp3) is 0.300. The van der Waals surface area contributed by atoms with Crippen LogP contribution in [0.2, 0.25) is 0 Å². The van der Waals surface area contributed by atoms with E-state index in [9.17, 15) is 9.59 Å². The van der Waals surface area contributed by atoms with Gasteiger partial charge in [0.15, 0.2) is 11.5 Å². The first-order chi connectivity index (χ1) is 14.1. The Bertz CT molecular complexity index is 1080. The highest BCUT2D eigenvalue weighted by atomic mass is 16.2. The summed E-state index contributed by atoms with van der Waals surface area (Å²) in [6.07, 6.45) is 5.60. The summed E-state index contributed by atoms with van der Waals surface area (Å²) < 4.78 is 1.61. The molecular formula is C20H19N7O2. The second-order valence-electron chi connectivity index (χ2n) is 7.41. The minimum Gasteiger partial charge on any atom is -0.338 e. The zero-order chi connectivity index (χ0) is 20.0. The highest BCUT2D eigenvalue weighted by Gasteiger charge is 2.53. The first kappa shape index (κ1) is 17.5. The predicted octanol–water partition coefficient (Wildman–Crippen LogP) is 0.995. The molecule has 1 aliphatic carbocycles. The van der Waals surface area contributed by atoms with Gasteiger partial charge in [0.25, 0.3) is 11.8 Å². The van der Waals surface area contributed by atoms with Gasteiger partial charge in [-0.25, -0.2) is 9.67 Å². The number of likely N-dealkylation sites (N-methyl/N-ethyl adjacent to an activating group) is 1. The molecule has 1 N–H and O–H groups in total. The van der Waals surface area contributed by atoms with Gasteiger partial charge in [-0.3, -0.25) is 19.5 Å². The van der Waals surface area contributed by atoms with Crippen molar-refractivity contribution in [3.8, 4) is 0 Å². The Kier molecular flexibility index (Phi) is 4.08. The summed E-state index contributed by atoms with van der Waals surface area (Å²) in [4.78, 5) is 35.9. The zero-order valence-corrected chi connectivity index (χ0v) is 15.8. The molecule has 1 fully saturated rings. The van der Waals surface area contributed by atoms with Crippen molar-refractivity contribution in [3.05, 3.63) is 65.9 Å². The van der Waals surface area contributed by atoms with Crippen LogP contribution < -0.4 is 10.2 Å². The van der Waals surface area contributed by atoms with Gasteiger partial charge < -0.3 is 5.32 Å². The fourth-order valence-corrected chi connectivity index (χ4v) is 3.89. The van der Waals surface area contributed by atoms with Crippen LogP contribution in [0.1, 0.15) is 34.1 Å². The Balaban J connectivity index is 1.32. The molecule has 146 valence electrons. The van der Waals surface area contributed by atoms with Crippen molar-refractivity contribution in [2.24, 2.45) is 5.92 Å². The Morgan fingerprint density at radius 2 is 2.00 bits per heavy atom. The molecule has 29 heavy (non-hydrogen) atoms. The number of hydrogen-bond acceptors (Lipinski definition) is 6. The quantitative estimate of drug-likeness (QED) is 0.713. The maximum atomic E-state index is 13.0. The van der Waals surface area contributed by atoms with E-state index < -0.39 is 11.9 Å². The lowest BCUT2D eigenvalue weighted by molar-refractivity contribution is -0.120. The van der Waals surface area contributed by atoms with E-state index in [2.05, 4.69) is 25.6 Å². The second kappa shape index (κ2) is 6.77. The molecule has 2 aliphatic rings. The average Bonchev–Trinajstić information content (AvgIpc) is 3.41. The number of carbonyl (C=O) groups is 2. The first-order valence-electron chi connectivity index (χ1n) is 9.45. The lowest BCUT2D eigenvalue weighted by Gasteiger charge is -2.22. The molecule has 5 rings (SSSR count). The largest absolute Gasteiger partial charge is 0.338 e. The summed E-state index contributed by atoms with van der Waals surface area (Å²) >= 11 is 0. The molecule has 1 aliphatic heterocycles. The molecule has 3 unspecified atom stereocenters. The summed E-state index contributed by atoms with van der Waals surface area (Å²) in [7, 11) is 1.66. The van der Waals surface area contributed by atoms with Gasteiger partial charge in [-0.1, -0.05) is 35.5 Å². The monoisotopic (exact) mass is 389 g/mol.